The molecule has 2 N–H and O–H groups in total. The van der Waals surface area contributed by atoms with E-state index in [9.17, 15) is 9.90 Å². The van der Waals surface area contributed by atoms with Crippen molar-refractivity contribution in [2.75, 3.05) is 13.2 Å². The minimum absolute atomic E-state index is 0.143. The molecule has 2 unspecified atom stereocenters. The van der Waals surface area contributed by atoms with Crippen LogP contribution in [0.4, 0.5) is 0 Å². The van der Waals surface area contributed by atoms with Gasteiger partial charge < -0.3 is 14.9 Å². The van der Waals surface area contributed by atoms with E-state index in [1.807, 2.05) is 0 Å². The third-order valence-corrected chi connectivity index (χ3v) is 6.16. The van der Waals surface area contributed by atoms with Crippen molar-refractivity contribution < 1.29 is 19.7 Å². The van der Waals surface area contributed by atoms with Crippen LogP contribution in [0.2, 0.25) is 0 Å². The number of aliphatic hydroxyl groups is 2. The van der Waals surface area contributed by atoms with Gasteiger partial charge in [-0.2, -0.15) is 0 Å². The number of ketones is 1. The molecule has 0 aliphatic carbocycles. The van der Waals surface area contributed by atoms with Crippen molar-refractivity contribution in [1.82, 2.24) is 0 Å². The Labute approximate surface area is 199 Å². The molecule has 0 aromatic carbocycles. The molecule has 0 amide bonds. The van der Waals surface area contributed by atoms with E-state index in [1.165, 1.54) is 103 Å². The van der Waals surface area contributed by atoms with Crippen molar-refractivity contribution >= 4 is 5.78 Å². The highest BCUT2D eigenvalue weighted by Gasteiger charge is 2.25. The molecule has 4 heteroatoms. The van der Waals surface area contributed by atoms with Gasteiger partial charge in [-0.25, -0.2) is 0 Å². The molecule has 0 aliphatic heterocycles. The molecular weight excluding hydrogens is 400 g/mol. The van der Waals surface area contributed by atoms with Crippen LogP contribution in [0.3, 0.4) is 0 Å². The third-order valence-electron chi connectivity index (χ3n) is 6.16. The first-order chi connectivity index (χ1) is 15.7. The fourth-order valence-electron chi connectivity index (χ4n) is 3.98. The first-order valence-electron chi connectivity index (χ1n) is 13.8. The van der Waals surface area contributed by atoms with Gasteiger partial charge in [-0.15, -0.1) is 0 Å². The Morgan fingerprint density at radius 3 is 1.59 bits per heavy atom. The Bertz CT molecular complexity index is 422. The van der Waals surface area contributed by atoms with Crippen LogP contribution in [0.15, 0.2) is 12.2 Å². The number of rotatable bonds is 25. The van der Waals surface area contributed by atoms with Gasteiger partial charge in [-0.1, -0.05) is 109 Å². The number of hydrogen-bond acceptors (Lipinski definition) is 4. The summed E-state index contributed by atoms with van der Waals surface area (Å²) >= 11 is 0. The van der Waals surface area contributed by atoms with Crippen molar-refractivity contribution in [3.05, 3.63) is 12.2 Å². The molecule has 0 aromatic heterocycles. The Morgan fingerprint density at radius 1 is 0.719 bits per heavy atom. The van der Waals surface area contributed by atoms with E-state index in [2.05, 4.69) is 19.1 Å². The topological polar surface area (TPSA) is 66.8 Å². The molecular formula is C28H54O4. The molecule has 0 bridgehead atoms. The van der Waals surface area contributed by atoms with Gasteiger partial charge in [0.25, 0.3) is 0 Å². The number of allylic oxidation sites excluding steroid dienone is 2. The summed E-state index contributed by atoms with van der Waals surface area (Å²) in [6.45, 7) is 4.05. The van der Waals surface area contributed by atoms with Crippen molar-refractivity contribution in [3.8, 4) is 0 Å². The third kappa shape index (κ3) is 19.9. The highest BCUT2D eigenvalue weighted by Crippen LogP contribution is 2.13. The van der Waals surface area contributed by atoms with E-state index in [4.69, 9.17) is 9.84 Å². The Kier molecular flexibility index (Phi) is 24.4. The van der Waals surface area contributed by atoms with Crippen molar-refractivity contribution in [3.63, 3.8) is 0 Å². The summed E-state index contributed by atoms with van der Waals surface area (Å²) in [5.41, 5.74) is 0. The summed E-state index contributed by atoms with van der Waals surface area (Å²) < 4.78 is 5.52. The molecule has 190 valence electrons. The number of carbonyl (C=O) groups is 1. The standard InChI is InChI=1S/C28H54O4/c1-3-5-6-7-8-9-10-11-12-13-14-15-16-17-18-19-20-21-22-23-24-32-28(26(30)4-2)27(31)25-29/h11-12,27-29,31H,3-10,13-25H2,1-2H3. The van der Waals surface area contributed by atoms with E-state index in [0.717, 1.165) is 12.8 Å². The van der Waals surface area contributed by atoms with Crippen LogP contribution >= 0.6 is 0 Å². The first kappa shape index (κ1) is 31.3. The normalized spacial score (nSPS) is 13.6. The quantitative estimate of drug-likeness (QED) is 0.112. The molecule has 4 nitrogen and oxygen atoms in total. The molecule has 0 rings (SSSR count). The molecule has 0 saturated carbocycles. The summed E-state index contributed by atoms with van der Waals surface area (Å²) in [7, 11) is 0. The predicted molar refractivity (Wildman–Crippen MR) is 136 cm³/mol. The Hall–Kier alpha value is -0.710. The molecule has 0 spiro atoms. The minimum Gasteiger partial charge on any atom is -0.394 e. The van der Waals surface area contributed by atoms with E-state index in [0.29, 0.717) is 13.0 Å². The summed E-state index contributed by atoms with van der Waals surface area (Å²) in [6, 6.07) is 0. The average Bonchev–Trinajstić information content (AvgIpc) is 2.81. The van der Waals surface area contributed by atoms with Crippen molar-refractivity contribution in [2.24, 2.45) is 0 Å². The van der Waals surface area contributed by atoms with E-state index < -0.39 is 18.8 Å². The van der Waals surface area contributed by atoms with Crippen LogP contribution in [0.5, 0.6) is 0 Å². The Balaban J connectivity index is 3.34. The zero-order valence-corrected chi connectivity index (χ0v) is 21.4. The highest BCUT2D eigenvalue weighted by atomic mass is 16.5. The molecule has 0 heterocycles. The summed E-state index contributed by atoms with van der Waals surface area (Å²) in [5.74, 6) is -0.143. The molecule has 0 aliphatic rings. The van der Waals surface area contributed by atoms with Crippen LogP contribution in [0.1, 0.15) is 136 Å². The number of ether oxygens (including phenoxy) is 1. The molecule has 2 atom stereocenters. The van der Waals surface area contributed by atoms with Crippen LogP contribution in [-0.4, -0.2) is 41.4 Å². The van der Waals surface area contributed by atoms with Gasteiger partial charge >= 0.3 is 0 Å². The summed E-state index contributed by atoms with van der Waals surface area (Å²) in [5, 5.41) is 18.7. The van der Waals surface area contributed by atoms with Crippen molar-refractivity contribution in [2.45, 2.75) is 148 Å². The molecule has 0 aromatic rings. The maximum absolute atomic E-state index is 11.8. The van der Waals surface area contributed by atoms with Gasteiger partial charge in [-0.3, -0.25) is 4.79 Å². The van der Waals surface area contributed by atoms with Crippen LogP contribution in [0.25, 0.3) is 0 Å². The zero-order chi connectivity index (χ0) is 23.7. The zero-order valence-electron chi connectivity index (χ0n) is 21.4. The van der Waals surface area contributed by atoms with E-state index >= 15 is 0 Å². The molecule has 0 radical (unpaired) electrons. The number of unbranched alkanes of at least 4 members (excludes halogenated alkanes) is 16. The van der Waals surface area contributed by atoms with Crippen molar-refractivity contribution in [1.29, 1.82) is 0 Å². The second-order valence-corrected chi connectivity index (χ2v) is 9.21. The van der Waals surface area contributed by atoms with Gasteiger partial charge in [0, 0.05) is 13.0 Å². The van der Waals surface area contributed by atoms with Gasteiger partial charge in [0.1, 0.15) is 12.2 Å². The average molecular weight is 455 g/mol. The fraction of sp³-hybridized carbons (Fsp3) is 0.893. The van der Waals surface area contributed by atoms with Gasteiger partial charge in [0.15, 0.2) is 5.78 Å². The lowest BCUT2D eigenvalue weighted by atomic mass is 10.1. The SMILES string of the molecule is CCCCCCCCC=CCCCCCCCCCCCCOC(C(=O)CC)C(O)CO. The van der Waals surface area contributed by atoms with Gasteiger partial charge in [-0.05, 0) is 32.1 Å². The second-order valence-electron chi connectivity index (χ2n) is 9.21. The lowest BCUT2D eigenvalue weighted by Gasteiger charge is -2.20. The number of carbonyl (C=O) groups excluding carboxylic acids is 1. The maximum Gasteiger partial charge on any atom is 0.164 e. The van der Waals surface area contributed by atoms with Crippen LogP contribution in [0, 0.1) is 0 Å². The molecule has 0 saturated heterocycles. The number of aliphatic hydroxyl groups excluding tert-OH is 2. The summed E-state index contributed by atoms with van der Waals surface area (Å²) in [4.78, 5) is 11.8. The van der Waals surface area contributed by atoms with Gasteiger partial charge in [0.05, 0.1) is 6.61 Å². The molecule has 32 heavy (non-hydrogen) atoms. The van der Waals surface area contributed by atoms with Crippen LogP contribution in [-0.2, 0) is 9.53 Å². The lowest BCUT2D eigenvalue weighted by Crippen LogP contribution is -2.38. The van der Waals surface area contributed by atoms with Crippen LogP contribution < -0.4 is 0 Å². The monoisotopic (exact) mass is 454 g/mol. The largest absolute Gasteiger partial charge is 0.394 e. The minimum atomic E-state index is -1.11. The van der Waals surface area contributed by atoms with E-state index in [1.54, 1.807) is 6.92 Å². The predicted octanol–water partition coefficient (Wildman–Crippen LogP) is 7.30. The summed E-state index contributed by atoms with van der Waals surface area (Å²) in [6.07, 6.45) is 26.4. The smallest absolute Gasteiger partial charge is 0.164 e. The number of hydrogen-bond donors (Lipinski definition) is 2. The second kappa shape index (κ2) is 24.9. The van der Waals surface area contributed by atoms with Gasteiger partial charge in [0.2, 0.25) is 0 Å². The first-order valence-corrected chi connectivity index (χ1v) is 13.8. The lowest BCUT2D eigenvalue weighted by molar-refractivity contribution is -0.140. The maximum atomic E-state index is 11.8. The molecule has 0 fully saturated rings. The fourth-order valence-corrected chi connectivity index (χ4v) is 3.98. The number of Topliss-reactive ketones (excluding diaryl/α,β-unsaturated/α-hetero) is 1. The highest BCUT2D eigenvalue weighted by molar-refractivity contribution is 5.83. The Morgan fingerprint density at radius 2 is 1.16 bits per heavy atom. The van der Waals surface area contributed by atoms with E-state index in [-0.39, 0.29) is 5.78 Å².